The molecule has 100 valence electrons. The van der Waals surface area contributed by atoms with Crippen molar-refractivity contribution in [2.75, 3.05) is 39.3 Å². The molecule has 2 heterocycles. The number of ether oxygens (including phenoxy) is 1. The maximum Gasteiger partial charge on any atom is 0.127 e. The van der Waals surface area contributed by atoms with E-state index in [-0.39, 0.29) is 0 Å². The summed E-state index contributed by atoms with van der Waals surface area (Å²) in [5, 5.41) is 3.43. The third-order valence-corrected chi connectivity index (χ3v) is 3.64. The van der Waals surface area contributed by atoms with Gasteiger partial charge in [0.05, 0.1) is 0 Å². The Bertz CT molecular complexity index is 358. The maximum absolute atomic E-state index is 5.43. The Morgan fingerprint density at radius 1 is 1.33 bits per heavy atom. The van der Waals surface area contributed by atoms with Crippen molar-refractivity contribution in [3.05, 3.63) is 23.9 Å². The first-order valence-corrected chi connectivity index (χ1v) is 6.60. The fraction of sp³-hybridized carbons (Fsp3) is 0.643. The lowest BCUT2D eigenvalue weighted by Gasteiger charge is -2.30. The summed E-state index contributed by atoms with van der Waals surface area (Å²) in [4.78, 5) is 6.52. The Morgan fingerprint density at radius 3 is 2.56 bits per heavy atom. The fourth-order valence-corrected chi connectivity index (χ4v) is 2.57. The predicted molar refractivity (Wildman–Crippen MR) is 73.9 cm³/mol. The van der Waals surface area contributed by atoms with Gasteiger partial charge in [-0.25, -0.2) is 4.98 Å². The van der Waals surface area contributed by atoms with E-state index in [1.54, 1.807) is 0 Å². The summed E-state index contributed by atoms with van der Waals surface area (Å²) < 4.78 is 5.43. The number of nitrogens with zero attached hydrogens (tertiary/aromatic N) is 2. The zero-order valence-electron chi connectivity index (χ0n) is 11.5. The first-order valence-electron chi connectivity index (χ1n) is 6.60. The lowest BCUT2D eigenvalue weighted by atomic mass is 9.88. The normalized spacial score (nSPS) is 18.6. The van der Waals surface area contributed by atoms with E-state index in [9.17, 15) is 0 Å². The summed E-state index contributed by atoms with van der Waals surface area (Å²) in [6.45, 7) is 1.76. The molecule has 1 saturated heterocycles. The minimum Gasteiger partial charge on any atom is -0.381 e. The van der Waals surface area contributed by atoms with Gasteiger partial charge in [-0.3, -0.25) is 0 Å². The number of aromatic nitrogens is 1. The molecule has 0 saturated carbocycles. The molecule has 1 aliphatic heterocycles. The number of pyridine rings is 1. The number of nitrogens with one attached hydrogen (secondary N) is 1. The molecule has 4 heteroatoms. The lowest BCUT2D eigenvalue weighted by Crippen LogP contribution is -2.30. The minimum atomic E-state index is 0.387. The van der Waals surface area contributed by atoms with Gasteiger partial charge in [-0.2, -0.15) is 0 Å². The summed E-state index contributed by atoms with van der Waals surface area (Å²) in [7, 11) is 6.05. The highest BCUT2D eigenvalue weighted by Crippen LogP contribution is 2.29. The van der Waals surface area contributed by atoms with Crippen molar-refractivity contribution in [3.63, 3.8) is 0 Å². The Labute approximate surface area is 109 Å². The molecule has 1 aromatic heterocycles. The Hall–Kier alpha value is -1.13. The molecule has 0 bridgehead atoms. The number of hydrogen-bond donors (Lipinski definition) is 1. The minimum absolute atomic E-state index is 0.387. The predicted octanol–water partition coefficient (Wildman–Crippen LogP) is 1.83. The van der Waals surface area contributed by atoms with Crippen LogP contribution in [0, 0.1) is 5.92 Å². The molecule has 1 atom stereocenters. The zero-order valence-corrected chi connectivity index (χ0v) is 11.5. The van der Waals surface area contributed by atoms with Crippen molar-refractivity contribution in [3.8, 4) is 0 Å². The maximum atomic E-state index is 5.43. The van der Waals surface area contributed by atoms with Gasteiger partial charge in [0.25, 0.3) is 0 Å². The molecule has 1 aromatic rings. The highest BCUT2D eigenvalue weighted by Gasteiger charge is 2.24. The van der Waals surface area contributed by atoms with Crippen LogP contribution >= 0.6 is 0 Å². The van der Waals surface area contributed by atoms with Crippen LogP contribution < -0.4 is 10.2 Å². The summed E-state index contributed by atoms with van der Waals surface area (Å²) in [5.41, 5.74) is 1.27. The quantitative estimate of drug-likeness (QED) is 0.883. The monoisotopic (exact) mass is 249 g/mol. The Balaban J connectivity index is 2.11. The molecule has 1 unspecified atom stereocenters. The molecule has 0 amide bonds. The molecule has 0 aliphatic carbocycles. The topological polar surface area (TPSA) is 37.4 Å². The van der Waals surface area contributed by atoms with Gasteiger partial charge >= 0.3 is 0 Å². The van der Waals surface area contributed by atoms with Crippen LogP contribution in [0.2, 0.25) is 0 Å². The second kappa shape index (κ2) is 6.16. The zero-order chi connectivity index (χ0) is 13.0. The molecule has 0 radical (unpaired) electrons. The summed E-state index contributed by atoms with van der Waals surface area (Å²) in [6.07, 6.45) is 4.24. The number of hydrogen-bond acceptors (Lipinski definition) is 4. The average molecular weight is 249 g/mol. The van der Waals surface area contributed by atoms with E-state index in [4.69, 9.17) is 4.74 Å². The van der Waals surface area contributed by atoms with Crippen molar-refractivity contribution < 1.29 is 4.74 Å². The van der Waals surface area contributed by atoms with E-state index >= 15 is 0 Å². The van der Waals surface area contributed by atoms with Crippen molar-refractivity contribution in [1.82, 2.24) is 10.3 Å². The van der Waals surface area contributed by atoms with E-state index in [1.165, 1.54) is 5.56 Å². The van der Waals surface area contributed by atoms with Crippen LogP contribution in [0.4, 0.5) is 5.82 Å². The van der Waals surface area contributed by atoms with Gasteiger partial charge in [0, 0.05) is 39.5 Å². The molecule has 0 spiro atoms. The van der Waals surface area contributed by atoms with Crippen molar-refractivity contribution >= 4 is 5.82 Å². The molecule has 1 N–H and O–H groups in total. The van der Waals surface area contributed by atoms with Crippen LogP contribution in [-0.4, -0.2) is 39.3 Å². The van der Waals surface area contributed by atoms with Crippen LogP contribution in [0.15, 0.2) is 18.3 Å². The third kappa shape index (κ3) is 3.00. The van der Waals surface area contributed by atoms with Gasteiger partial charge in [-0.05, 0) is 37.4 Å². The van der Waals surface area contributed by atoms with Gasteiger partial charge in [-0.1, -0.05) is 6.07 Å². The smallest absolute Gasteiger partial charge is 0.127 e. The highest BCUT2D eigenvalue weighted by atomic mass is 16.5. The van der Waals surface area contributed by atoms with Crippen molar-refractivity contribution in [1.29, 1.82) is 0 Å². The summed E-state index contributed by atoms with van der Waals surface area (Å²) in [6, 6.07) is 4.65. The Morgan fingerprint density at radius 2 is 2.06 bits per heavy atom. The first kappa shape index (κ1) is 13.3. The highest BCUT2D eigenvalue weighted by molar-refractivity contribution is 5.37. The third-order valence-electron chi connectivity index (χ3n) is 3.64. The summed E-state index contributed by atoms with van der Waals surface area (Å²) >= 11 is 0. The molecule has 18 heavy (non-hydrogen) atoms. The van der Waals surface area contributed by atoms with Crippen LogP contribution in [0.25, 0.3) is 0 Å². The van der Waals surface area contributed by atoms with Gasteiger partial charge in [0.2, 0.25) is 0 Å². The molecule has 1 aliphatic rings. The van der Waals surface area contributed by atoms with Crippen LogP contribution in [0.1, 0.15) is 24.4 Å². The fourth-order valence-electron chi connectivity index (χ4n) is 2.57. The molecular formula is C14H23N3O. The molecule has 4 nitrogen and oxygen atoms in total. The second-order valence-electron chi connectivity index (χ2n) is 5.06. The first-order chi connectivity index (χ1) is 8.72. The van der Waals surface area contributed by atoms with E-state index in [2.05, 4.69) is 22.4 Å². The van der Waals surface area contributed by atoms with Crippen LogP contribution in [0.5, 0.6) is 0 Å². The van der Waals surface area contributed by atoms with Gasteiger partial charge in [-0.15, -0.1) is 0 Å². The molecule has 0 aromatic carbocycles. The standard InChI is InChI=1S/C14H23N3O/c1-15-14(11-6-8-18-9-7-11)12-4-5-13(16-10-12)17(2)3/h4-5,10-11,14-15H,6-9H2,1-3H3. The van der Waals surface area contributed by atoms with Gasteiger partial charge in [0.1, 0.15) is 5.82 Å². The summed E-state index contributed by atoms with van der Waals surface area (Å²) in [5.74, 6) is 1.65. The van der Waals surface area contributed by atoms with Crippen LogP contribution in [-0.2, 0) is 4.74 Å². The van der Waals surface area contributed by atoms with Gasteiger partial charge < -0.3 is 15.0 Å². The molecule has 1 fully saturated rings. The van der Waals surface area contributed by atoms with E-state index < -0.39 is 0 Å². The molecular weight excluding hydrogens is 226 g/mol. The van der Waals surface area contributed by atoms with Crippen LogP contribution in [0.3, 0.4) is 0 Å². The average Bonchev–Trinajstić information content (AvgIpc) is 2.41. The number of rotatable bonds is 4. The second-order valence-corrected chi connectivity index (χ2v) is 5.06. The number of anilines is 1. The van der Waals surface area contributed by atoms with Gasteiger partial charge in [0.15, 0.2) is 0 Å². The van der Waals surface area contributed by atoms with E-state index in [1.807, 2.05) is 32.2 Å². The van der Waals surface area contributed by atoms with Crippen molar-refractivity contribution in [2.45, 2.75) is 18.9 Å². The van der Waals surface area contributed by atoms with E-state index in [0.29, 0.717) is 12.0 Å². The Kier molecular flexibility index (Phi) is 4.55. The SMILES string of the molecule is CNC(c1ccc(N(C)C)nc1)C1CCOCC1. The lowest BCUT2D eigenvalue weighted by molar-refractivity contribution is 0.0546. The molecule has 2 rings (SSSR count). The largest absolute Gasteiger partial charge is 0.381 e. The van der Waals surface area contributed by atoms with Crippen molar-refractivity contribution in [2.24, 2.45) is 5.92 Å². The van der Waals surface area contributed by atoms with E-state index in [0.717, 1.165) is 31.9 Å².